The van der Waals surface area contributed by atoms with E-state index in [2.05, 4.69) is 39.1 Å². The second-order valence-corrected chi connectivity index (χ2v) is 8.01. The smallest absolute Gasteiger partial charge is 0.318 e. The van der Waals surface area contributed by atoms with Crippen LogP contribution in [0.1, 0.15) is 42.4 Å². The summed E-state index contributed by atoms with van der Waals surface area (Å²) in [4.78, 5) is 25.5. The van der Waals surface area contributed by atoms with Gasteiger partial charge in [0.05, 0.1) is 19.6 Å². The van der Waals surface area contributed by atoms with Crippen molar-refractivity contribution in [2.75, 3.05) is 38.3 Å². The number of carbonyl (C=O) groups excluding carboxylic acids is 1. The fourth-order valence-corrected chi connectivity index (χ4v) is 4.05. The van der Waals surface area contributed by atoms with Crippen LogP contribution in [0.15, 0.2) is 30.5 Å². The first-order valence-electron chi connectivity index (χ1n) is 10.8. The Balaban J connectivity index is 1.40. The third kappa shape index (κ3) is 5.15. The zero-order chi connectivity index (χ0) is 20.8. The average molecular weight is 411 g/mol. The number of anilines is 1. The van der Waals surface area contributed by atoms with E-state index < -0.39 is 0 Å². The van der Waals surface area contributed by atoms with Gasteiger partial charge in [0.25, 0.3) is 0 Å². The van der Waals surface area contributed by atoms with Gasteiger partial charge in [-0.3, -0.25) is 14.6 Å². The number of benzene rings is 1. The van der Waals surface area contributed by atoms with Gasteiger partial charge in [-0.2, -0.15) is 4.98 Å². The summed E-state index contributed by atoms with van der Waals surface area (Å²) in [7, 11) is 1.62. The van der Waals surface area contributed by atoms with E-state index in [4.69, 9.17) is 9.47 Å². The number of hydrogen-bond donors (Lipinski definition) is 0. The highest BCUT2D eigenvalue weighted by molar-refractivity contribution is 6.00. The first-order valence-corrected chi connectivity index (χ1v) is 10.8. The van der Waals surface area contributed by atoms with Crippen molar-refractivity contribution in [3.05, 3.63) is 47.2 Å². The maximum absolute atomic E-state index is 12.6. The largest absolute Gasteiger partial charge is 0.461 e. The van der Waals surface area contributed by atoms with E-state index in [-0.39, 0.29) is 11.9 Å². The van der Waals surface area contributed by atoms with Gasteiger partial charge >= 0.3 is 6.01 Å². The molecule has 1 aromatic carbocycles. The summed E-state index contributed by atoms with van der Waals surface area (Å²) in [5.74, 6) is 0.693. The first kappa shape index (κ1) is 20.8. The lowest BCUT2D eigenvalue weighted by Crippen LogP contribution is -2.27. The van der Waals surface area contributed by atoms with Crippen molar-refractivity contribution in [2.45, 2.75) is 45.2 Å². The zero-order valence-corrected chi connectivity index (χ0v) is 17.7. The van der Waals surface area contributed by atoms with Gasteiger partial charge in [0, 0.05) is 25.4 Å². The third-order valence-electron chi connectivity index (χ3n) is 5.71. The number of nitrogens with zero attached hydrogens (tertiary/aromatic N) is 4. The molecule has 0 unspecified atom stereocenters. The SMILES string of the molecule is COCCOc1ncc2c(n1)N(Cc1ccc(CN3CCCCCC3)cc1)C(=O)C2. The minimum atomic E-state index is 0.0435. The number of hydrogen-bond acceptors (Lipinski definition) is 6. The average Bonchev–Trinajstić information content (AvgIpc) is 2.91. The fraction of sp³-hybridized carbons (Fsp3) is 0.522. The number of amides is 1. The summed E-state index contributed by atoms with van der Waals surface area (Å²) in [5.41, 5.74) is 3.26. The second kappa shape index (κ2) is 10.00. The molecule has 0 bridgehead atoms. The molecule has 3 heterocycles. The Hall–Kier alpha value is -2.51. The maximum Gasteiger partial charge on any atom is 0.318 e. The molecule has 160 valence electrons. The highest BCUT2D eigenvalue weighted by Crippen LogP contribution is 2.29. The molecule has 1 aromatic heterocycles. The van der Waals surface area contributed by atoms with Gasteiger partial charge < -0.3 is 9.47 Å². The molecule has 0 N–H and O–H groups in total. The predicted molar refractivity (Wildman–Crippen MR) is 114 cm³/mol. The lowest BCUT2D eigenvalue weighted by atomic mass is 10.1. The molecule has 1 saturated heterocycles. The molecule has 1 fully saturated rings. The normalized spacial score (nSPS) is 17.1. The van der Waals surface area contributed by atoms with Gasteiger partial charge in [0.15, 0.2) is 0 Å². The molecular formula is C23H30N4O3. The van der Waals surface area contributed by atoms with Crippen LogP contribution in [0, 0.1) is 0 Å². The van der Waals surface area contributed by atoms with Crippen LogP contribution in [0.2, 0.25) is 0 Å². The van der Waals surface area contributed by atoms with Gasteiger partial charge in [-0.05, 0) is 37.1 Å². The molecule has 30 heavy (non-hydrogen) atoms. The van der Waals surface area contributed by atoms with Crippen LogP contribution in [0.3, 0.4) is 0 Å². The molecule has 2 aromatic rings. The number of ether oxygens (including phenoxy) is 2. The van der Waals surface area contributed by atoms with E-state index >= 15 is 0 Å². The quantitative estimate of drug-likeness (QED) is 0.624. The number of carbonyl (C=O) groups is 1. The van der Waals surface area contributed by atoms with Crippen molar-refractivity contribution < 1.29 is 14.3 Å². The van der Waals surface area contributed by atoms with E-state index in [1.165, 1.54) is 44.3 Å². The van der Waals surface area contributed by atoms with Crippen LogP contribution in [-0.4, -0.2) is 54.2 Å². The molecule has 7 heteroatoms. The summed E-state index contributed by atoms with van der Waals surface area (Å²) in [6.07, 6.45) is 7.32. The van der Waals surface area contributed by atoms with E-state index in [1.807, 2.05) is 0 Å². The van der Waals surface area contributed by atoms with Crippen molar-refractivity contribution in [3.63, 3.8) is 0 Å². The highest BCUT2D eigenvalue weighted by atomic mass is 16.5. The minimum Gasteiger partial charge on any atom is -0.461 e. The van der Waals surface area contributed by atoms with Crippen LogP contribution in [-0.2, 0) is 29.0 Å². The lowest BCUT2D eigenvalue weighted by molar-refractivity contribution is -0.117. The number of aromatic nitrogens is 2. The number of rotatable bonds is 8. The Morgan fingerprint density at radius 2 is 1.67 bits per heavy atom. The molecule has 0 aliphatic carbocycles. The van der Waals surface area contributed by atoms with Gasteiger partial charge in [-0.1, -0.05) is 37.1 Å². The highest BCUT2D eigenvalue weighted by Gasteiger charge is 2.30. The molecule has 7 nitrogen and oxygen atoms in total. The lowest BCUT2D eigenvalue weighted by Gasteiger charge is -2.20. The van der Waals surface area contributed by atoms with E-state index in [1.54, 1.807) is 18.2 Å². The van der Waals surface area contributed by atoms with Crippen molar-refractivity contribution in [3.8, 4) is 6.01 Å². The van der Waals surface area contributed by atoms with Crippen molar-refractivity contribution in [1.82, 2.24) is 14.9 Å². The van der Waals surface area contributed by atoms with Crippen LogP contribution in [0.5, 0.6) is 6.01 Å². The topological polar surface area (TPSA) is 67.8 Å². The molecule has 1 amide bonds. The van der Waals surface area contributed by atoms with Crippen LogP contribution in [0.25, 0.3) is 0 Å². The standard InChI is InChI=1S/C23H30N4O3/c1-29-12-13-30-23-24-15-20-14-21(28)27(22(20)25-23)17-19-8-6-18(7-9-19)16-26-10-4-2-3-5-11-26/h6-9,15H,2-5,10-14,16-17H2,1H3. The minimum absolute atomic E-state index is 0.0435. The number of methoxy groups -OCH3 is 1. The Morgan fingerprint density at radius 3 is 2.37 bits per heavy atom. The number of fused-ring (bicyclic) bond motifs is 1. The summed E-state index contributed by atoms with van der Waals surface area (Å²) in [6, 6.07) is 8.88. The first-order chi connectivity index (χ1) is 14.7. The van der Waals surface area contributed by atoms with Crippen LogP contribution >= 0.6 is 0 Å². The van der Waals surface area contributed by atoms with Gasteiger partial charge in [0.1, 0.15) is 12.4 Å². The van der Waals surface area contributed by atoms with Gasteiger partial charge in [0.2, 0.25) is 5.91 Å². The van der Waals surface area contributed by atoms with Crippen molar-refractivity contribution in [2.24, 2.45) is 0 Å². The Bertz CT molecular complexity index is 848. The molecule has 2 aliphatic rings. The maximum atomic E-state index is 12.6. The Morgan fingerprint density at radius 1 is 0.967 bits per heavy atom. The molecule has 0 saturated carbocycles. The molecule has 4 rings (SSSR count). The van der Waals surface area contributed by atoms with Crippen molar-refractivity contribution >= 4 is 11.7 Å². The monoisotopic (exact) mass is 410 g/mol. The third-order valence-corrected chi connectivity index (χ3v) is 5.71. The summed E-state index contributed by atoms with van der Waals surface area (Å²) >= 11 is 0. The van der Waals surface area contributed by atoms with Crippen LogP contribution < -0.4 is 9.64 Å². The van der Waals surface area contributed by atoms with E-state index in [0.29, 0.717) is 32.0 Å². The van der Waals surface area contributed by atoms with Gasteiger partial charge in [-0.25, -0.2) is 4.98 Å². The number of likely N-dealkylation sites (tertiary alicyclic amines) is 1. The Kier molecular flexibility index (Phi) is 6.92. The van der Waals surface area contributed by atoms with Gasteiger partial charge in [-0.15, -0.1) is 0 Å². The zero-order valence-electron chi connectivity index (χ0n) is 17.7. The molecule has 0 radical (unpaired) electrons. The van der Waals surface area contributed by atoms with E-state index in [9.17, 15) is 4.79 Å². The fourth-order valence-electron chi connectivity index (χ4n) is 4.05. The molecule has 2 aliphatic heterocycles. The molecular weight excluding hydrogens is 380 g/mol. The second-order valence-electron chi connectivity index (χ2n) is 8.01. The summed E-state index contributed by atoms with van der Waals surface area (Å²) in [6.45, 7) is 4.73. The molecule has 0 atom stereocenters. The molecule has 0 spiro atoms. The predicted octanol–water partition coefficient (Wildman–Crippen LogP) is 2.97. The van der Waals surface area contributed by atoms with Crippen LogP contribution in [0.4, 0.5) is 5.82 Å². The van der Waals surface area contributed by atoms with Crippen molar-refractivity contribution in [1.29, 1.82) is 0 Å². The summed E-state index contributed by atoms with van der Waals surface area (Å²) < 4.78 is 10.5. The Labute approximate surface area is 178 Å². The summed E-state index contributed by atoms with van der Waals surface area (Å²) in [5, 5.41) is 0. The van der Waals surface area contributed by atoms with E-state index in [0.717, 1.165) is 17.7 Å².